The van der Waals surface area contributed by atoms with Crippen LogP contribution in [0.25, 0.3) is 0 Å². The van der Waals surface area contributed by atoms with Gasteiger partial charge in [-0.05, 0) is 42.0 Å². The molecule has 2 N–H and O–H groups in total. The van der Waals surface area contributed by atoms with Crippen molar-refractivity contribution in [3.63, 3.8) is 0 Å². The molecule has 3 rings (SSSR count). The topological polar surface area (TPSA) is 84.5 Å². The zero-order valence-electron chi connectivity index (χ0n) is 16.8. The first-order valence-electron chi connectivity index (χ1n) is 9.30. The van der Waals surface area contributed by atoms with Crippen molar-refractivity contribution in [1.29, 1.82) is 0 Å². The minimum Gasteiger partial charge on any atom is -0.495 e. The first-order valence-corrected chi connectivity index (χ1v) is 10.8. The Balaban J connectivity index is 1.84. The van der Waals surface area contributed by atoms with Crippen LogP contribution >= 0.6 is 0 Å². The van der Waals surface area contributed by atoms with E-state index in [0.717, 1.165) is 29.8 Å². The van der Waals surface area contributed by atoms with E-state index in [0.29, 0.717) is 0 Å². The van der Waals surface area contributed by atoms with E-state index in [1.807, 2.05) is 0 Å². The van der Waals surface area contributed by atoms with Gasteiger partial charge in [-0.3, -0.25) is 4.79 Å². The highest BCUT2D eigenvalue weighted by Gasteiger charge is 2.30. The number of alkyl halides is 3. The normalized spacial score (nSPS) is 11.8. The van der Waals surface area contributed by atoms with Crippen LogP contribution < -0.4 is 14.8 Å². The smallest absolute Gasteiger partial charge is 0.416 e. The summed E-state index contributed by atoms with van der Waals surface area (Å²) in [5, 5.41) is 2.35. The third kappa shape index (κ3) is 5.65. The number of ether oxygens (including phenoxy) is 1. The number of methoxy groups -OCH3 is 1. The van der Waals surface area contributed by atoms with Crippen LogP contribution in [0.5, 0.6) is 5.75 Å². The zero-order chi connectivity index (χ0) is 23.4. The zero-order valence-corrected chi connectivity index (χ0v) is 17.6. The van der Waals surface area contributed by atoms with Crippen molar-refractivity contribution in [3.05, 3.63) is 89.5 Å². The van der Waals surface area contributed by atoms with Crippen LogP contribution in [0.4, 0.5) is 18.9 Å². The van der Waals surface area contributed by atoms with E-state index < -0.39 is 27.7 Å². The van der Waals surface area contributed by atoms with E-state index >= 15 is 0 Å². The van der Waals surface area contributed by atoms with Crippen molar-refractivity contribution in [2.24, 2.45) is 0 Å². The number of amides is 1. The molecule has 0 aliphatic carbocycles. The largest absolute Gasteiger partial charge is 0.495 e. The lowest BCUT2D eigenvalue weighted by molar-refractivity contribution is -0.137. The SMILES string of the molecule is COc1ccc(C(=O)Nc2cccc(C(F)(F)F)c2)cc1S(=O)(=O)NCc1ccccc1. The summed E-state index contributed by atoms with van der Waals surface area (Å²) in [5.74, 6) is -0.757. The molecule has 1 amide bonds. The number of hydrogen-bond donors (Lipinski definition) is 2. The lowest BCUT2D eigenvalue weighted by Crippen LogP contribution is -2.24. The Labute approximate surface area is 183 Å². The predicted molar refractivity (Wildman–Crippen MR) is 113 cm³/mol. The second kappa shape index (κ2) is 9.41. The van der Waals surface area contributed by atoms with E-state index in [1.165, 1.54) is 25.3 Å². The maximum Gasteiger partial charge on any atom is 0.416 e. The van der Waals surface area contributed by atoms with Gasteiger partial charge in [-0.15, -0.1) is 0 Å². The summed E-state index contributed by atoms with van der Waals surface area (Å²) >= 11 is 0. The Bertz CT molecular complexity index is 1210. The number of sulfonamides is 1. The van der Waals surface area contributed by atoms with Crippen molar-refractivity contribution < 1.29 is 31.1 Å². The van der Waals surface area contributed by atoms with E-state index in [9.17, 15) is 26.4 Å². The van der Waals surface area contributed by atoms with E-state index in [1.54, 1.807) is 30.3 Å². The van der Waals surface area contributed by atoms with Gasteiger partial charge in [0.05, 0.1) is 12.7 Å². The maximum absolute atomic E-state index is 12.9. The second-order valence-electron chi connectivity index (χ2n) is 6.71. The Hall–Kier alpha value is -3.37. The number of anilines is 1. The number of nitrogens with one attached hydrogen (secondary N) is 2. The summed E-state index contributed by atoms with van der Waals surface area (Å²) in [5.41, 5.74) is -0.331. The number of halogens is 3. The maximum atomic E-state index is 12.9. The fourth-order valence-corrected chi connectivity index (χ4v) is 4.07. The van der Waals surface area contributed by atoms with Gasteiger partial charge in [-0.1, -0.05) is 36.4 Å². The van der Waals surface area contributed by atoms with Crippen LogP contribution in [-0.4, -0.2) is 21.4 Å². The van der Waals surface area contributed by atoms with E-state index in [4.69, 9.17) is 4.74 Å². The van der Waals surface area contributed by atoms with Gasteiger partial charge < -0.3 is 10.1 Å². The number of carbonyl (C=O) groups is 1. The molecule has 10 heteroatoms. The molecule has 0 spiro atoms. The third-order valence-electron chi connectivity index (χ3n) is 4.47. The average Bonchev–Trinajstić information content (AvgIpc) is 2.77. The van der Waals surface area contributed by atoms with Gasteiger partial charge in [0.1, 0.15) is 10.6 Å². The monoisotopic (exact) mass is 464 g/mol. The molecule has 3 aromatic rings. The first kappa shape index (κ1) is 23.3. The van der Waals surface area contributed by atoms with Crippen LogP contribution in [-0.2, 0) is 22.7 Å². The highest BCUT2D eigenvalue weighted by atomic mass is 32.2. The van der Waals surface area contributed by atoms with Gasteiger partial charge >= 0.3 is 6.18 Å². The Morgan fingerprint density at radius 1 is 0.969 bits per heavy atom. The van der Waals surface area contributed by atoms with Gasteiger partial charge in [0.15, 0.2) is 0 Å². The molecule has 0 radical (unpaired) electrons. The van der Waals surface area contributed by atoms with Crippen molar-refractivity contribution in [2.45, 2.75) is 17.6 Å². The molecule has 3 aromatic carbocycles. The molecule has 168 valence electrons. The Kier molecular flexibility index (Phi) is 6.85. The van der Waals surface area contributed by atoms with Crippen molar-refractivity contribution in [3.8, 4) is 5.75 Å². The Morgan fingerprint density at radius 3 is 2.34 bits per heavy atom. The summed E-state index contributed by atoms with van der Waals surface area (Å²) in [4.78, 5) is 12.3. The molecule has 0 atom stereocenters. The molecule has 0 aliphatic heterocycles. The molecule has 0 aliphatic rings. The molecule has 0 unspecified atom stereocenters. The van der Waals surface area contributed by atoms with Gasteiger partial charge in [0, 0.05) is 17.8 Å². The van der Waals surface area contributed by atoms with Gasteiger partial charge in [0.25, 0.3) is 5.91 Å². The first-order chi connectivity index (χ1) is 15.1. The van der Waals surface area contributed by atoms with Crippen LogP contribution in [0.3, 0.4) is 0 Å². The summed E-state index contributed by atoms with van der Waals surface area (Å²) in [6.07, 6.45) is -4.56. The van der Waals surface area contributed by atoms with Gasteiger partial charge in [-0.25, -0.2) is 13.1 Å². The number of rotatable bonds is 7. The van der Waals surface area contributed by atoms with Crippen molar-refractivity contribution >= 4 is 21.6 Å². The van der Waals surface area contributed by atoms with Crippen LogP contribution in [0.15, 0.2) is 77.7 Å². The third-order valence-corrected chi connectivity index (χ3v) is 5.89. The van der Waals surface area contributed by atoms with Gasteiger partial charge in [0.2, 0.25) is 10.0 Å². The van der Waals surface area contributed by atoms with Gasteiger partial charge in [-0.2, -0.15) is 13.2 Å². The molecule has 0 aromatic heterocycles. The Morgan fingerprint density at radius 2 is 1.69 bits per heavy atom. The summed E-state index contributed by atoms with van der Waals surface area (Å²) in [7, 11) is -2.77. The van der Waals surface area contributed by atoms with E-state index in [-0.39, 0.29) is 28.4 Å². The molecule has 6 nitrogen and oxygen atoms in total. The molecule has 0 fully saturated rings. The minimum atomic E-state index is -4.56. The highest BCUT2D eigenvalue weighted by Crippen LogP contribution is 2.31. The predicted octanol–water partition coefficient (Wildman–Crippen LogP) is 4.44. The van der Waals surface area contributed by atoms with Crippen LogP contribution in [0.1, 0.15) is 21.5 Å². The summed E-state index contributed by atoms with van der Waals surface area (Å²) in [6.45, 7) is 0.0208. The molecule has 0 saturated heterocycles. The molecule has 32 heavy (non-hydrogen) atoms. The standard InChI is InChI=1S/C22H19F3N2O4S/c1-31-19-11-10-16(21(28)27-18-9-5-8-17(13-18)22(23,24)25)12-20(19)32(29,30)26-14-15-6-3-2-4-7-15/h2-13,26H,14H2,1H3,(H,27,28). The van der Waals surface area contributed by atoms with Crippen LogP contribution in [0.2, 0.25) is 0 Å². The fraction of sp³-hybridized carbons (Fsp3) is 0.136. The second-order valence-corrected chi connectivity index (χ2v) is 8.44. The lowest BCUT2D eigenvalue weighted by Gasteiger charge is -2.13. The highest BCUT2D eigenvalue weighted by molar-refractivity contribution is 7.89. The number of hydrogen-bond acceptors (Lipinski definition) is 4. The average molecular weight is 464 g/mol. The molecule has 0 saturated carbocycles. The van der Waals surface area contributed by atoms with Crippen LogP contribution in [0, 0.1) is 0 Å². The molecular weight excluding hydrogens is 445 g/mol. The molecule has 0 heterocycles. The lowest BCUT2D eigenvalue weighted by atomic mass is 10.1. The van der Waals surface area contributed by atoms with Crippen molar-refractivity contribution in [1.82, 2.24) is 4.72 Å². The quantitative estimate of drug-likeness (QED) is 0.541. The molecule has 0 bridgehead atoms. The fourth-order valence-electron chi connectivity index (χ4n) is 2.86. The molecular formula is C22H19F3N2O4S. The summed E-state index contributed by atoms with van der Waals surface area (Å²) in [6, 6.07) is 16.7. The number of benzene rings is 3. The number of carbonyl (C=O) groups excluding carboxylic acids is 1. The summed E-state index contributed by atoms with van der Waals surface area (Å²) < 4.78 is 71.9. The minimum absolute atomic E-state index is 0.0150. The van der Waals surface area contributed by atoms with Crippen molar-refractivity contribution in [2.75, 3.05) is 12.4 Å². The van der Waals surface area contributed by atoms with E-state index in [2.05, 4.69) is 10.0 Å².